The van der Waals surface area contributed by atoms with E-state index < -0.39 is 9.53 Å². The predicted molar refractivity (Wildman–Crippen MR) is 60.8 cm³/mol. The van der Waals surface area contributed by atoms with Gasteiger partial charge in [-0.15, -0.1) is 0 Å². The van der Waals surface area contributed by atoms with Crippen LogP contribution >= 0.6 is 22.6 Å². The third kappa shape index (κ3) is 3.20. The number of cyclic esters (lactones) is 1. The molecular formula is C9H12I2NO5-. The number of aliphatic hydroxyl groups is 1. The van der Waals surface area contributed by atoms with E-state index in [1.54, 1.807) is 0 Å². The number of hydrogen-bond acceptors (Lipinski definition) is 6. The first-order valence-corrected chi connectivity index (χ1v) is 8.51. The quantitative estimate of drug-likeness (QED) is 0.108. The van der Waals surface area contributed by atoms with E-state index in [1.807, 2.05) is 22.6 Å². The topological polar surface area (TPSA) is 94.8 Å². The average Bonchev–Trinajstić information content (AvgIpc) is 3.05. The molecule has 2 heterocycles. The number of carbonyl (C=O) groups is 2. The van der Waals surface area contributed by atoms with Crippen molar-refractivity contribution in [2.45, 2.75) is 26.4 Å². The molecule has 2 fully saturated rings. The fourth-order valence-electron chi connectivity index (χ4n) is 1.51. The summed E-state index contributed by atoms with van der Waals surface area (Å²) in [7, 11) is 0. The molecule has 0 bridgehead atoms. The fourth-order valence-corrected chi connectivity index (χ4v) is 5.19. The van der Waals surface area contributed by atoms with Gasteiger partial charge in [0, 0.05) is 0 Å². The Hall–Kier alpha value is 0.320. The summed E-state index contributed by atoms with van der Waals surface area (Å²) in [5.74, 6) is -0.689. The van der Waals surface area contributed by atoms with E-state index in [4.69, 9.17) is 14.6 Å². The molecule has 2 rings (SSSR count). The van der Waals surface area contributed by atoms with Crippen molar-refractivity contribution in [3.63, 3.8) is 0 Å². The van der Waals surface area contributed by atoms with E-state index in [-0.39, 0.29) is 57.1 Å². The molecule has 0 aliphatic carbocycles. The maximum absolute atomic E-state index is 12.1. The number of esters is 2. The molecule has 6 nitrogen and oxygen atoms in total. The summed E-state index contributed by atoms with van der Waals surface area (Å²) in [4.78, 5) is 23.0. The third-order valence-corrected chi connectivity index (χ3v) is 7.64. The van der Waals surface area contributed by atoms with Gasteiger partial charge in [0.2, 0.25) is 0 Å². The molecule has 17 heavy (non-hydrogen) atoms. The van der Waals surface area contributed by atoms with Crippen molar-refractivity contribution in [2.75, 3.05) is 13.2 Å². The number of hydrogen-bond donors (Lipinski definition) is 2. The van der Waals surface area contributed by atoms with Gasteiger partial charge in [0.1, 0.15) is 0 Å². The maximum atomic E-state index is 12.1. The van der Waals surface area contributed by atoms with Gasteiger partial charge >= 0.3 is 123 Å². The molecule has 98 valence electrons. The third-order valence-electron chi connectivity index (χ3n) is 2.53. The number of rotatable bonds is 5. The van der Waals surface area contributed by atoms with Crippen LogP contribution in [-0.2, 0) is 19.1 Å². The van der Waals surface area contributed by atoms with E-state index >= 15 is 0 Å². The molecule has 0 aromatic rings. The van der Waals surface area contributed by atoms with Gasteiger partial charge < -0.3 is 0 Å². The summed E-state index contributed by atoms with van der Waals surface area (Å²) in [5, 5.41) is 9.02. The summed E-state index contributed by atoms with van der Waals surface area (Å²) < 4.78 is 12.6. The summed E-state index contributed by atoms with van der Waals surface area (Å²) >= 11 is 1.89. The predicted octanol–water partition coefficient (Wildman–Crippen LogP) is -3.67. The Kier molecular flexibility index (Phi) is 4.47. The van der Waals surface area contributed by atoms with Crippen LogP contribution in [0.1, 0.15) is 12.8 Å². The van der Waals surface area contributed by atoms with Crippen LogP contribution in [0.2, 0.25) is 0 Å². The van der Waals surface area contributed by atoms with Crippen LogP contribution in [0.4, 0.5) is 0 Å². The Bertz CT molecular complexity index is 335. The molecule has 2 saturated heterocycles. The van der Waals surface area contributed by atoms with E-state index in [9.17, 15) is 9.59 Å². The number of ether oxygens (including phenoxy) is 2. The van der Waals surface area contributed by atoms with Crippen LogP contribution in [0.5, 0.6) is 0 Å². The first-order valence-electron chi connectivity index (χ1n) is 5.10. The van der Waals surface area contributed by atoms with Crippen molar-refractivity contribution in [2.24, 2.45) is 0 Å². The monoisotopic (exact) mass is 468 g/mol. The fraction of sp³-hybridized carbons (Fsp3) is 0.778. The van der Waals surface area contributed by atoms with Crippen molar-refractivity contribution >= 4 is 34.5 Å². The van der Waals surface area contributed by atoms with Crippen LogP contribution in [0.25, 0.3) is 0 Å². The van der Waals surface area contributed by atoms with Crippen molar-refractivity contribution in [3.05, 3.63) is 0 Å². The van der Waals surface area contributed by atoms with Gasteiger partial charge in [-0.2, -0.15) is 0 Å². The van der Waals surface area contributed by atoms with E-state index in [0.29, 0.717) is 6.42 Å². The van der Waals surface area contributed by atoms with Gasteiger partial charge in [-0.1, -0.05) is 0 Å². The number of halogens is 2. The SMILES string of the molecule is O=C1CC(OC(=O)C(I)(CCO)C2N[I-]2)CO1. The van der Waals surface area contributed by atoms with Crippen molar-refractivity contribution in [3.8, 4) is 0 Å². The van der Waals surface area contributed by atoms with Gasteiger partial charge in [-0.3, -0.25) is 0 Å². The standard InChI is InChI=1S/C9H12I2NO5/c10-9(1-2-13,7-11-12-7)8(15)17-5-3-6(14)16-4-5/h5,7,12-13H,1-4H2/q-1. The first kappa shape index (κ1) is 13.7. The van der Waals surface area contributed by atoms with E-state index in [1.165, 1.54) is 0 Å². The Balaban J connectivity index is 1.94. The van der Waals surface area contributed by atoms with Crippen LogP contribution in [0.3, 0.4) is 0 Å². The van der Waals surface area contributed by atoms with Crippen LogP contribution < -0.4 is 25.0 Å². The van der Waals surface area contributed by atoms with Gasteiger partial charge in [0.25, 0.3) is 0 Å². The minimum absolute atomic E-state index is 0.0555. The molecule has 2 N–H and O–H groups in total. The van der Waals surface area contributed by atoms with Crippen molar-refractivity contribution < 1.29 is 45.6 Å². The van der Waals surface area contributed by atoms with Crippen LogP contribution in [0, 0.1) is 0 Å². The Morgan fingerprint density at radius 1 is 1.76 bits per heavy atom. The van der Waals surface area contributed by atoms with E-state index in [0.717, 1.165) is 0 Å². The molecule has 3 atom stereocenters. The second kappa shape index (κ2) is 5.53. The summed E-state index contributed by atoms with van der Waals surface area (Å²) in [5.41, 5.74) is 0. The van der Waals surface area contributed by atoms with Crippen LogP contribution in [-0.4, -0.2) is 43.8 Å². The minimum atomic E-state index is -0.703. The molecule has 0 saturated carbocycles. The van der Waals surface area contributed by atoms with Gasteiger partial charge in [-0.25, -0.2) is 0 Å². The zero-order chi connectivity index (χ0) is 12.5. The zero-order valence-electron chi connectivity index (χ0n) is 8.82. The molecule has 0 aromatic heterocycles. The van der Waals surface area contributed by atoms with Gasteiger partial charge in [-0.05, 0) is 0 Å². The average molecular weight is 468 g/mol. The second-order valence-electron chi connectivity index (χ2n) is 3.83. The summed E-state index contributed by atoms with van der Waals surface area (Å²) in [6.45, 7) is 0.0869. The van der Waals surface area contributed by atoms with Gasteiger partial charge in [0.15, 0.2) is 0 Å². The van der Waals surface area contributed by atoms with Crippen molar-refractivity contribution in [1.29, 1.82) is 0 Å². The Labute approximate surface area is 123 Å². The van der Waals surface area contributed by atoms with E-state index in [2.05, 4.69) is 3.53 Å². The molecule has 2 aliphatic rings. The number of nitrogens with one attached hydrogen (secondary N) is 1. The Morgan fingerprint density at radius 2 is 2.47 bits per heavy atom. The second-order valence-corrected chi connectivity index (χ2v) is 8.25. The molecular weight excluding hydrogens is 456 g/mol. The van der Waals surface area contributed by atoms with Crippen molar-refractivity contribution in [1.82, 2.24) is 3.53 Å². The zero-order valence-corrected chi connectivity index (χ0v) is 13.1. The first-order chi connectivity index (χ1) is 8.06. The molecule has 0 aromatic carbocycles. The molecule has 0 spiro atoms. The molecule has 0 radical (unpaired) electrons. The van der Waals surface area contributed by atoms with Crippen LogP contribution in [0.15, 0.2) is 0 Å². The van der Waals surface area contributed by atoms with Gasteiger partial charge in [0.05, 0.1) is 0 Å². The molecule has 3 unspecified atom stereocenters. The number of alkyl halides is 2. The summed E-state index contributed by atoms with van der Waals surface area (Å²) in [6, 6.07) is 0. The molecule has 0 amide bonds. The normalized spacial score (nSPS) is 31.1. The number of carbonyl (C=O) groups excluding carboxylic acids is 2. The molecule has 8 heteroatoms. The number of aliphatic hydroxyl groups excluding tert-OH is 1. The summed E-state index contributed by atoms with van der Waals surface area (Å²) in [6.07, 6.45) is 0.0236. The Morgan fingerprint density at radius 3 is 2.94 bits per heavy atom. The molecule has 2 aliphatic heterocycles.